The van der Waals surface area contributed by atoms with Crippen LogP contribution in [-0.2, 0) is 7.05 Å². The minimum Gasteiger partial charge on any atom is -0.367 e. The molecule has 1 aliphatic heterocycles. The molecule has 0 saturated carbocycles. The third-order valence-electron chi connectivity index (χ3n) is 4.39. The summed E-state index contributed by atoms with van der Waals surface area (Å²) >= 11 is 0. The van der Waals surface area contributed by atoms with Crippen molar-refractivity contribution in [2.75, 3.05) is 29.9 Å². The van der Waals surface area contributed by atoms with Gasteiger partial charge in [0.25, 0.3) is 5.91 Å². The van der Waals surface area contributed by atoms with Crippen LogP contribution in [0.15, 0.2) is 30.7 Å². The summed E-state index contributed by atoms with van der Waals surface area (Å²) in [5.74, 6) is 0.742. The molecule has 1 unspecified atom stereocenters. The lowest BCUT2D eigenvalue weighted by molar-refractivity contribution is 0.0953. The number of amides is 1. The van der Waals surface area contributed by atoms with E-state index in [1.165, 1.54) is 0 Å². The number of piperidine rings is 1. The molecule has 3 rings (SSSR count). The number of carbonyl (C=O) groups is 1. The highest BCUT2D eigenvalue weighted by atomic mass is 16.1. The molecule has 25 heavy (non-hydrogen) atoms. The Morgan fingerprint density at radius 1 is 1.36 bits per heavy atom. The second-order valence-corrected chi connectivity index (χ2v) is 6.49. The maximum Gasteiger partial charge on any atom is 0.252 e. The SMILES string of the molecule is CCCNC(=O)c1ccc(NC2CCCN(c3cnn(C)c3)C2)nc1. The van der Waals surface area contributed by atoms with Gasteiger partial charge in [-0.05, 0) is 31.4 Å². The number of aryl methyl sites for hydroxylation is 1. The molecule has 0 bridgehead atoms. The third-order valence-corrected chi connectivity index (χ3v) is 4.39. The number of hydrogen-bond acceptors (Lipinski definition) is 5. The fourth-order valence-corrected chi connectivity index (χ4v) is 3.06. The summed E-state index contributed by atoms with van der Waals surface area (Å²) in [4.78, 5) is 18.7. The van der Waals surface area contributed by atoms with Gasteiger partial charge in [0, 0.05) is 45.1 Å². The van der Waals surface area contributed by atoms with E-state index in [4.69, 9.17) is 0 Å². The maximum absolute atomic E-state index is 11.9. The van der Waals surface area contributed by atoms with Crippen molar-refractivity contribution in [3.8, 4) is 0 Å². The molecule has 1 saturated heterocycles. The summed E-state index contributed by atoms with van der Waals surface area (Å²) in [6, 6.07) is 4.03. The van der Waals surface area contributed by atoms with Crippen LogP contribution in [0, 0.1) is 0 Å². The van der Waals surface area contributed by atoms with Crippen LogP contribution in [-0.4, -0.2) is 46.3 Å². The Morgan fingerprint density at radius 3 is 2.92 bits per heavy atom. The molecule has 3 heterocycles. The molecule has 1 amide bonds. The van der Waals surface area contributed by atoms with Crippen LogP contribution in [0.4, 0.5) is 11.5 Å². The first kappa shape index (κ1) is 17.3. The van der Waals surface area contributed by atoms with E-state index in [2.05, 4.69) is 25.6 Å². The van der Waals surface area contributed by atoms with E-state index in [1.807, 2.05) is 43.2 Å². The zero-order chi connectivity index (χ0) is 17.6. The summed E-state index contributed by atoms with van der Waals surface area (Å²) < 4.78 is 1.83. The van der Waals surface area contributed by atoms with Gasteiger partial charge in [0.15, 0.2) is 0 Å². The molecule has 0 spiro atoms. The predicted molar refractivity (Wildman–Crippen MR) is 98.9 cm³/mol. The topological polar surface area (TPSA) is 75.1 Å². The predicted octanol–water partition coefficient (Wildman–Crippen LogP) is 2.04. The van der Waals surface area contributed by atoms with E-state index in [0.29, 0.717) is 18.2 Å². The lowest BCUT2D eigenvalue weighted by Gasteiger charge is -2.34. The molecular weight excluding hydrogens is 316 g/mol. The Bertz CT molecular complexity index is 696. The fourth-order valence-electron chi connectivity index (χ4n) is 3.06. The number of pyridine rings is 1. The molecule has 2 aromatic heterocycles. The normalized spacial score (nSPS) is 17.4. The number of aromatic nitrogens is 3. The molecule has 0 aromatic carbocycles. The van der Waals surface area contributed by atoms with Crippen LogP contribution >= 0.6 is 0 Å². The van der Waals surface area contributed by atoms with Gasteiger partial charge >= 0.3 is 0 Å². The van der Waals surface area contributed by atoms with Crippen LogP contribution in [0.3, 0.4) is 0 Å². The van der Waals surface area contributed by atoms with Gasteiger partial charge in [-0.25, -0.2) is 4.98 Å². The second-order valence-electron chi connectivity index (χ2n) is 6.49. The minimum atomic E-state index is -0.0682. The molecule has 2 N–H and O–H groups in total. The Morgan fingerprint density at radius 2 is 2.24 bits per heavy atom. The molecule has 7 heteroatoms. The average Bonchev–Trinajstić information content (AvgIpc) is 3.07. The molecular formula is C18H26N6O. The Kier molecular flexibility index (Phi) is 5.53. The number of nitrogens with one attached hydrogen (secondary N) is 2. The van der Waals surface area contributed by atoms with Gasteiger partial charge in [-0.1, -0.05) is 6.92 Å². The summed E-state index contributed by atoms with van der Waals surface area (Å²) in [5.41, 5.74) is 1.75. The van der Waals surface area contributed by atoms with Crippen LogP contribution in [0.5, 0.6) is 0 Å². The zero-order valence-electron chi connectivity index (χ0n) is 14.9. The van der Waals surface area contributed by atoms with Crippen molar-refractivity contribution in [2.24, 2.45) is 7.05 Å². The molecule has 7 nitrogen and oxygen atoms in total. The first-order valence-electron chi connectivity index (χ1n) is 8.90. The first-order valence-corrected chi connectivity index (χ1v) is 8.90. The van der Waals surface area contributed by atoms with Crippen molar-refractivity contribution in [1.29, 1.82) is 0 Å². The Labute approximate surface area is 148 Å². The number of carbonyl (C=O) groups excluding carboxylic acids is 1. The van der Waals surface area contributed by atoms with Crippen molar-refractivity contribution in [2.45, 2.75) is 32.2 Å². The van der Waals surface area contributed by atoms with E-state index < -0.39 is 0 Å². The van der Waals surface area contributed by atoms with Crippen LogP contribution in [0.25, 0.3) is 0 Å². The first-order chi connectivity index (χ1) is 12.2. The third kappa shape index (κ3) is 4.49. The van der Waals surface area contributed by atoms with Crippen molar-refractivity contribution in [1.82, 2.24) is 20.1 Å². The van der Waals surface area contributed by atoms with E-state index in [-0.39, 0.29) is 5.91 Å². The monoisotopic (exact) mass is 342 g/mol. The number of rotatable bonds is 6. The molecule has 1 fully saturated rings. The van der Waals surface area contributed by atoms with Gasteiger partial charge < -0.3 is 15.5 Å². The highest BCUT2D eigenvalue weighted by Crippen LogP contribution is 2.21. The van der Waals surface area contributed by atoms with Crippen molar-refractivity contribution >= 4 is 17.4 Å². The second kappa shape index (κ2) is 8.00. The molecule has 0 aliphatic carbocycles. The van der Waals surface area contributed by atoms with Crippen molar-refractivity contribution < 1.29 is 4.79 Å². The highest BCUT2D eigenvalue weighted by molar-refractivity contribution is 5.94. The quantitative estimate of drug-likeness (QED) is 0.840. The van der Waals surface area contributed by atoms with E-state index in [9.17, 15) is 4.79 Å². The molecule has 134 valence electrons. The molecule has 2 aromatic rings. The summed E-state index contributed by atoms with van der Waals surface area (Å²) in [6.07, 6.45) is 8.75. The smallest absolute Gasteiger partial charge is 0.252 e. The molecule has 1 aliphatic rings. The van der Waals surface area contributed by atoms with Crippen LogP contribution < -0.4 is 15.5 Å². The summed E-state index contributed by atoms with van der Waals surface area (Å²) in [6.45, 7) is 4.69. The van der Waals surface area contributed by atoms with Gasteiger partial charge in [-0.15, -0.1) is 0 Å². The van der Waals surface area contributed by atoms with Crippen molar-refractivity contribution in [3.63, 3.8) is 0 Å². The lowest BCUT2D eigenvalue weighted by atomic mass is 10.1. The lowest BCUT2D eigenvalue weighted by Crippen LogP contribution is -2.42. The van der Waals surface area contributed by atoms with Crippen LogP contribution in [0.2, 0.25) is 0 Å². The van der Waals surface area contributed by atoms with E-state index >= 15 is 0 Å². The summed E-state index contributed by atoms with van der Waals surface area (Å²) in [7, 11) is 1.94. The molecule has 1 atom stereocenters. The summed E-state index contributed by atoms with van der Waals surface area (Å²) in [5, 5.41) is 10.6. The minimum absolute atomic E-state index is 0.0682. The number of hydrogen-bond donors (Lipinski definition) is 2. The van der Waals surface area contributed by atoms with E-state index in [0.717, 1.165) is 43.9 Å². The zero-order valence-corrected chi connectivity index (χ0v) is 14.9. The number of nitrogens with zero attached hydrogens (tertiary/aromatic N) is 4. The highest BCUT2D eigenvalue weighted by Gasteiger charge is 2.21. The fraction of sp³-hybridized carbons (Fsp3) is 0.500. The average molecular weight is 342 g/mol. The maximum atomic E-state index is 11.9. The van der Waals surface area contributed by atoms with Crippen molar-refractivity contribution in [3.05, 3.63) is 36.3 Å². The Hall–Kier alpha value is -2.57. The van der Waals surface area contributed by atoms with Gasteiger partial charge in [-0.2, -0.15) is 5.10 Å². The largest absolute Gasteiger partial charge is 0.367 e. The van der Waals surface area contributed by atoms with Gasteiger partial charge in [0.2, 0.25) is 0 Å². The van der Waals surface area contributed by atoms with Gasteiger partial charge in [-0.3, -0.25) is 9.48 Å². The Balaban J connectivity index is 1.57. The van der Waals surface area contributed by atoms with Gasteiger partial charge in [0.1, 0.15) is 5.82 Å². The number of anilines is 2. The standard InChI is InChI=1S/C18H26N6O/c1-3-8-19-18(25)14-6-7-17(20-10-14)22-15-5-4-9-24(12-15)16-11-21-23(2)13-16/h6-7,10-11,13,15H,3-5,8-9,12H2,1-2H3,(H,19,25)(H,20,22). The van der Waals surface area contributed by atoms with Gasteiger partial charge in [0.05, 0.1) is 17.4 Å². The van der Waals surface area contributed by atoms with Crippen LogP contribution in [0.1, 0.15) is 36.5 Å². The molecule has 0 radical (unpaired) electrons. The van der Waals surface area contributed by atoms with E-state index in [1.54, 1.807) is 6.20 Å².